The van der Waals surface area contributed by atoms with Gasteiger partial charge in [0.2, 0.25) is 0 Å². The van der Waals surface area contributed by atoms with E-state index in [0.29, 0.717) is 5.56 Å². The predicted molar refractivity (Wildman–Crippen MR) is 107 cm³/mol. The van der Waals surface area contributed by atoms with E-state index in [-0.39, 0.29) is 27.4 Å². The van der Waals surface area contributed by atoms with Gasteiger partial charge in [-0.2, -0.15) is 23.7 Å². The molecule has 2 aromatic rings. The molecule has 0 radical (unpaired) electrons. The smallest absolute Gasteiger partial charge is 0.326 e. The number of anilines is 1. The Morgan fingerprint density at radius 3 is 2.42 bits per heavy atom. The van der Waals surface area contributed by atoms with Gasteiger partial charge in [-0.1, -0.05) is 12.1 Å². The van der Waals surface area contributed by atoms with E-state index in [1.165, 1.54) is 43.5 Å². The van der Waals surface area contributed by atoms with E-state index in [9.17, 15) is 27.4 Å². The molecule has 158 valence electrons. The number of halogens is 3. The zero-order valence-electron chi connectivity index (χ0n) is 16.3. The number of carbonyl (C=O) groups is 1. The van der Waals surface area contributed by atoms with Gasteiger partial charge in [-0.05, 0) is 42.8 Å². The number of nitrogens with one attached hydrogen (secondary N) is 1. The van der Waals surface area contributed by atoms with E-state index in [1.54, 1.807) is 0 Å². The van der Waals surface area contributed by atoms with E-state index in [2.05, 4.69) is 5.32 Å². The second-order valence-electron chi connectivity index (χ2n) is 6.70. The van der Waals surface area contributed by atoms with E-state index in [4.69, 9.17) is 5.26 Å². The van der Waals surface area contributed by atoms with Crippen LogP contribution in [0.25, 0.3) is 0 Å². The highest BCUT2D eigenvalue weighted by Gasteiger charge is 2.36. The Labute approximate surface area is 178 Å². The van der Waals surface area contributed by atoms with Crippen molar-refractivity contribution in [2.24, 2.45) is 0 Å². The summed E-state index contributed by atoms with van der Waals surface area (Å²) in [7, 11) is -1.52. The van der Waals surface area contributed by atoms with Crippen molar-refractivity contribution in [1.82, 2.24) is 5.32 Å². The minimum absolute atomic E-state index is 0.0462. The molecule has 3 rings (SSSR count). The molecular formula is C21H15F3N4O2S. The minimum atomic E-state index is -4.59. The molecule has 0 fully saturated rings. The predicted octanol–water partition coefficient (Wildman–Crippen LogP) is 4.38. The van der Waals surface area contributed by atoms with Gasteiger partial charge in [0.15, 0.2) is 0 Å². The fourth-order valence-electron chi connectivity index (χ4n) is 3.34. The van der Waals surface area contributed by atoms with Crippen molar-refractivity contribution < 1.29 is 22.2 Å². The highest BCUT2D eigenvalue weighted by atomic mass is 32.2. The lowest BCUT2D eigenvalue weighted by Crippen LogP contribution is -2.46. The number of alkyl halides is 3. The van der Waals surface area contributed by atoms with Crippen LogP contribution in [-0.4, -0.2) is 16.5 Å². The van der Waals surface area contributed by atoms with Crippen LogP contribution in [0.1, 0.15) is 29.7 Å². The highest BCUT2D eigenvalue weighted by molar-refractivity contribution is 7.84. The summed E-state index contributed by atoms with van der Waals surface area (Å²) in [6.07, 6.45) is -3.19. The molecule has 0 bridgehead atoms. The van der Waals surface area contributed by atoms with Gasteiger partial charge in [0.05, 0.1) is 51.4 Å². The van der Waals surface area contributed by atoms with Gasteiger partial charge in [0.25, 0.3) is 0 Å². The summed E-state index contributed by atoms with van der Waals surface area (Å²) in [5.74, 6) is 0. The number of nitriles is 2. The summed E-state index contributed by atoms with van der Waals surface area (Å²) in [6, 6.07) is 10.9. The third-order valence-corrected chi connectivity index (χ3v) is 5.77. The van der Waals surface area contributed by atoms with Gasteiger partial charge < -0.3 is 5.32 Å². The van der Waals surface area contributed by atoms with Gasteiger partial charge in [0, 0.05) is 16.8 Å². The second kappa shape index (κ2) is 8.25. The third-order valence-electron chi connectivity index (χ3n) is 4.80. The van der Waals surface area contributed by atoms with Gasteiger partial charge in [-0.3, -0.25) is 9.11 Å². The number of urea groups is 1. The minimum Gasteiger partial charge on any atom is -0.326 e. The number of carbonyl (C=O) groups excluding carboxylic acids is 1. The van der Waals surface area contributed by atoms with Crippen LogP contribution in [0, 0.1) is 22.7 Å². The van der Waals surface area contributed by atoms with Gasteiger partial charge in [0.1, 0.15) is 0 Å². The van der Waals surface area contributed by atoms with Crippen LogP contribution < -0.4 is 10.2 Å². The monoisotopic (exact) mass is 444 g/mol. The standard InChI is InChI=1S/C21H15F3N4O2S/c1-12-17(11-26)19(16-7-6-13(10-25)8-18(16)31(2)30)27-20(29)28(12)15-5-3-4-14(9-15)21(22,23)24/h3-9,19H,1-2H3,(H,27,29)/t19-,31-/m1/s1. The quantitative estimate of drug-likeness (QED) is 0.760. The first-order valence-electron chi connectivity index (χ1n) is 8.84. The van der Waals surface area contributed by atoms with Crippen molar-refractivity contribution in [1.29, 1.82) is 10.5 Å². The molecule has 2 amide bonds. The van der Waals surface area contributed by atoms with Crippen LogP contribution in [0.4, 0.5) is 23.7 Å². The molecule has 31 heavy (non-hydrogen) atoms. The fourth-order valence-corrected chi connectivity index (χ4v) is 4.15. The number of nitrogens with zero attached hydrogens (tertiary/aromatic N) is 3. The second-order valence-corrected chi connectivity index (χ2v) is 8.04. The maximum absolute atomic E-state index is 13.1. The summed E-state index contributed by atoms with van der Waals surface area (Å²) in [5.41, 5.74) is -0.119. The zero-order chi connectivity index (χ0) is 22.9. The molecule has 0 aliphatic carbocycles. The fraction of sp³-hybridized carbons (Fsp3) is 0.190. The maximum atomic E-state index is 13.1. The molecule has 0 saturated heterocycles. The third kappa shape index (κ3) is 4.16. The van der Waals surface area contributed by atoms with Gasteiger partial charge in [-0.25, -0.2) is 4.79 Å². The van der Waals surface area contributed by atoms with E-state index < -0.39 is 34.6 Å². The van der Waals surface area contributed by atoms with Crippen LogP contribution >= 0.6 is 0 Å². The van der Waals surface area contributed by atoms with Gasteiger partial charge >= 0.3 is 12.2 Å². The van der Waals surface area contributed by atoms with Crippen LogP contribution in [0.2, 0.25) is 0 Å². The molecule has 6 nitrogen and oxygen atoms in total. The number of allylic oxidation sites excluding steroid dienone is 1. The summed E-state index contributed by atoms with van der Waals surface area (Å²) in [4.78, 5) is 14.1. The lowest BCUT2D eigenvalue weighted by molar-refractivity contribution is -0.137. The number of hydrogen-bond donors (Lipinski definition) is 1. The molecule has 0 spiro atoms. The van der Waals surface area contributed by atoms with Crippen molar-refractivity contribution in [2.75, 3.05) is 11.2 Å². The Morgan fingerprint density at radius 1 is 1.13 bits per heavy atom. The lowest BCUT2D eigenvalue weighted by Gasteiger charge is -2.34. The Hall–Kier alpha value is -3.63. The molecule has 1 aliphatic heterocycles. The van der Waals surface area contributed by atoms with Gasteiger partial charge in [-0.15, -0.1) is 0 Å². The van der Waals surface area contributed by atoms with Crippen molar-refractivity contribution in [3.05, 3.63) is 70.4 Å². The van der Waals surface area contributed by atoms with Crippen LogP contribution in [0.3, 0.4) is 0 Å². The molecule has 1 heterocycles. The Balaban J connectivity index is 2.15. The highest BCUT2D eigenvalue weighted by Crippen LogP contribution is 2.37. The molecule has 1 N–H and O–H groups in total. The van der Waals surface area contributed by atoms with Crippen molar-refractivity contribution in [3.8, 4) is 12.1 Å². The topological polar surface area (TPSA) is 97.0 Å². The first-order chi connectivity index (χ1) is 14.6. The van der Waals surface area contributed by atoms with Crippen molar-refractivity contribution in [2.45, 2.75) is 24.0 Å². The number of benzene rings is 2. The zero-order valence-corrected chi connectivity index (χ0v) is 17.1. The first kappa shape index (κ1) is 22.1. The van der Waals surface area contributed by atoms with Crippen LogP contribution in [-0.2, 0) is 17.0 Å². The van der Waals surface area contributed by atoms with E-state index >= 15 is 0 Å². The Morgan fingerprint density at radius 2 is 1.84 bits per heavy atom. The largest absolute Gasteiger partial charge is 0.416 e. The summed E-state index contributed by atoms with van der Waals surface area (Å²) in [6.45, 7) is 1.46. The summed E-state index contributed by atoms with van der Waals surface area (Å²) in [5, 5.41) is 21.5. The van der Waals surface area contributed by atoms with Crippen LogP contribution in [0.15, 0.2) is 58.6 Å². The molecular weight excluding hydrogens is 429 g/mol. The molecule has 10 heteroatoms. The van der Waals surface area contributed by atoms with E-state index in [0.717, 1.165) is 17.0 Å². The van der Waals surface area contributed by atoms with Crippen molar-refractivity contribution in [3.63, 3.8) is 0 Å². The number of hydrogen-bond acceptors (Lipinski definition) is 4. The normalized spacial score (nSPS) is 17.6. The molecule has 2 atom stereocenters. The average Bonchev–Trinajstić information content (AvgIpc) is 2.72. The first-order valence-corrected chi connectivity index (χ1v) is 10.4. The molecule has 2 aromatic carbocycles. The SMILES string of the molecule is CC1=C(C#N)[C@@H](c2ccc(C#N)cc2[S@@](C)=O)NC(=O)N1c1cccc(C(F)(F)F)c1. The number of amides is 2. The Kier molecular flexibility index (Phi) is 5.87. The van der Waals surface area contributed by atoms with Crippen molar-refractivity contribution >= 4 is 22.5 Å². The Bertz CT molecular complexity index is 1210. The van der Waals surface area contributed by atoms with Crippen LogP contribution in [0.5, 0.6) is 0 Å². The summed E-state index contributed by atoms with van der Waals surface area (Å²) >= 11 is 0. The number of rotatable bonds is 3. The molecule has 0 saturated carbocycles. The average molecular weight is 444 g/mol. The summed E-state index contributed by atoms with van der Waals surface area (Å²) < 4.78 is 51.5. The molecule has 0 unspecified atom stereocenters. The maximum Gasteiger partial charge on any atom is 0.416 e. The molecule has 0 aromatic heterocycles. The lowest BCUT2D eigenvalue weighted by atomic mass is 9.94. The molecule has 1 aliphatic rings. The van der Waals surface area contributed by atoms with E-state index in [1.807, 2.05) is 12.1 Å².